The minimum absolute atomic E-state index is 0.130. The van der Waals surface area contributed by atoms with E-state index in [0.29, 0.717) is 24.5 Å². The summed E-state index contributed by atoms with van der Waals surface area (Å²) in [6.45, 7) is 1.26. The predicted molar refractivity (Wildman–Crippen MR) is 119 cm³/mol. The number of fused-ring (bicyclic) bond motifs is 1. The highest BCUT2D eigenvalue weighted by atomic mass is 32.2. The van der Waals surface area contributed by atoms with Gasteiger partial charge in [-0.25, -0.2) is 0 Å². The van der Waals surface area contributed by atoms with Gasteiger partial charge in [0.25, 0.3) is 5.91 Å². The molecule has 7 heteroatoms. The molecule has 0 aromatic heterocycles. The Morgan fingerprint density at radius 1 is 0.933 bits per heavy atom. The van der Waals surface area contributed by atoms with Crippen molar-refractivity contribution in [3.63, 3.8) is 0 Å². The van der Waals surface area contributed by atoms with E-state index in [1.165, 1.54) is 16.7 Å². The molecule has 0 radical (unpaired) electrons. The van der Waals surface area contributed by atoms with Crippen molar-refractivity contribution < 1.29 is 14.4 Å². The second-order valence-corrected chi connectivity index (χ2v) is 8.69. The summed E-state index contributed by atoms with van der Waals surface area (Å²) in [7, 11) is 0. The maximum Gasteiger partial charge on any atom is 0.250 e. The Balaban J connectivity index is 1.55. The first-order valence-corrected chi connectivity index (χ1v) is 11.2. The van der Waals surface area contributed by atoms with Gasteiger partial charge in [0.15, 0.2) is 5.25 Å². The van der Waals surface area contributed by atoms with Crippen LogP contribution in [0.5, 0.6) is 0 Å². The van der Waals surface area contributed by atoms with Crippen LogP contribution in [-0.4, -0.2) is 47.5 Å². The van der Waals surface area contributed by atoms with Crippen molar-refractivity contribution >= 4 is 40.9 Å². The molecule has 2 heterocycles. The minimum atomic E-state index is -0.845. The molecule has 30 heavy (non-hydrogen) atoms. The van der Waals surface area contributed by atoms with Crippen molar-refractivity contribution in [3.8, 4) is 0 Å². The van der Waals surface area contributed by atoms with E-state index in [1.54, 1.807) is 12.1 Å². The number of carbonyl (C=O) groups excluding carboxylic acids is 3. The molecule has 1 saturated heterocycles. The molecule has 2 aliphatic rings. The normalized spacial score (nSPS) is 19.1. The van der Waals surface area contributed by atoms with E-state index in [9.17, 15) is 14.4 Å². The molecule has 0 aliphatic carbocycles. The van der Waals surface area contributed by atoms with E-state index < -0.39 is 5.25 Å². The van der Waals surface area contributed by atoms with Gasteiger partial charge in [-0.3, -0.25) is 14.4 Å². The number of carbonyl (C=O) groups is 3. The van der Waals surface area contributed by atoms with Crippen LogP contribution in [0.3, 0.4) is 0 Å². The van der Waals surface area contributed by atoms with Gasteiger partial charge >= 0.3 is 0 Å². The van der Waals surface area contributed by atoms with Crippen LogP contribution < -0.4 is 10.2 Å². The summed E-state index contributed by atoms with van der Waals surface area (Å²) in [6.07, 6.45) is 4.17. The number of nitrogens with one attached hydrogen (secondary N) is 1. The summed E-state index contributed by atoms with van der Waals surface area (Å²) in [4.78, 5) is 43.3. The number of rotatable bonds is 4. The van der Waals surface area contributed by atoms with Crippen molar-refractivity contribution in [2.24, 2.45) is 0 Å². The number of likely N-dealkylation sites (tertiary alicyclic amines) is 1. The van der Waals surface area contributed by atoms with Gasteiger partial charge in [0.1, 0.15) is 6.54 Å². The van der Waals surface area contributed by atoms with Crippen molar-refractivity contribution in [2.45, 2.75) is 35.8 Å². The lowest BCUT2D eigenvalue weighted by Gasteiger charge is -2.34. The standard InChI is InChI=1S/C23H25N3O3S/c27-20(24-17-10-4-3-5-11-17)16-26-18-12-6-7-13-19(18)30-21(23(26)29)22(28)25-14-8-1-2-9-15-25/h3-7,10-13,21H,1-2,8-9,14-16H2,(H,24,27)/t21-/m0/s1. The molecule has 2 aromatic carbocycles. The fraction of sp³-hybridized carbons (Fsp3) is 0.348. The lowest BCUT2D eigenvalue weighted by atomic mass is 10.2. The molecule has 0 spiro atoms. The van der Waals surface area contributed by atoms with E-state index in [2.05, 4.69) is 5.32 Å². The fourth-order valence-electron chi connectivity index (χ4n) is 3.86. The first-order valence-electron chi connectivity index (χ1n) is 10.3. The molecule has 0 saturated carbocycles. The Hall–Kier alpha value is -2.80. The van der Waals surface area contributed by atoms with Gasteiger partial charge in [0, 0.05) is 23.7 Å². The Labute approximate surface area is 180 Å². The molecule has 1 N–H and O–H groups in total. The molecule has 2 aliphatic heterocycles. The summed E-state index contributed by atoms with van der Waals surface area (Å²) in [5, 5.41) is 1.98. The highest BCUT2D eigenvalue weighted by Gasteiger charge is 2.40. The summed E-state index contributed by atoms with van der Waals surface area (Å²) < 4.78 is 0. The monoisotopic (exact) mass is 423 g/mol. The second kappa shape index (κ2) is 9.34. The number of thioether (sulfide) groups is 1. The zero-order chi connectivity index (χ0) is 20.9. The third-order valence-corrected chi connectivity index (χ3v) is 6.63. The minimum Gasteiger partial charge on any atom is -0.341 e. The Kier molecular flexibility index (Phi) is 6.38. The zero-order valence-corrected chi connectivity index (χ0v) is 17.6. The SMILES string of the molecule is O=C(CN1C(=O)[C@H](C(=O)N2CCCCCC2)Sc2ccccc21)Nc1ccccc1. The second-order valence-electron chi connectivity index (χ2n) is 7.54. The molecule has 2 aromatic rings. The molecular weight excluding hydrogens is 398 g/mol. The average molecular weight is 424 g/mol. The van der Waals surface area contributed by atoms with Gasteiger partial charge < -0.3 is 15.1 Å². The Morgan fingerprint density at radius 2 is 1.60 bits per heavy atom. The summed E-state index contributed by atoms with van der Waals surface area (Å²) in [5.41, 5.74) is 1.35. The number of hydrogen-bond acceptors (Lipinski definition) is 4. The van der Waals surface area contributed by atoms with Crippen molar-refractivity contribution in [1.82, 2.24) is 4.90 Å². The maximum absolute atomic E-state index is 13.3. The fourth-order valence-corrected chi connectivity index (χ4v) is 5.05. The number of hydrogen-bond donors (Lipinski definition) is 1. The van der Waals surface area contributed by atoms with Crippen LogP contribution >= 0.6 is 11.8 Å². The van der Waals surface area contributed by atoms with E-state index >= 15 is 0 Å². The first kappa shape index (κ1) is 20.5. The van der Waals surface area contributed by atoms with Gasteiger partial charge in [-0.15, -0.1) is 11.8 Å². The smallest absolute Gasteiger partial charge is 0.250 e. The molecule has 3 amide bonds. The molecule has 1 fully saturated rings. The van der Waals surface area contributed by atoms with Crippen LogP contribution in [0, 0.1) is 0 Å². The van der Waals surface area contributed by atoms with Crippen LogP contribution in [0.2, 0.25) is 0 Å². The Bertz CT molecular complexity index is 926. The van der Waals surface area contributed by atoms with Gasteiger partial charge in [-0.05, 0) is 37.1 Å². The molecule has 4 rings (SSSR count). The lowest BCUT2D eigenvalue weighted by Crippen LogP contribution is -2.51. The maximum atomic E-state index is 13.3. The van der Waals surface area contributed by atoms with Gasteiger partial charge in [0.2, 0.25) is 11.8 Å². The predicted octanol–water partition coefficient (Wildman–Crippen LogP) is 3.54. The van der Waals surface area contributed by atoms with Crippen LogP contribution in [-0.2, 0) is 14.4 Å². The van der Waals surface area contributed by atoms with E-state index in [0.717, 1.165) is 30.6 Å². The van der Waals surface area contributed by atoms with E-state index in [-0.39, 0.29) is 24.3 Å². The van der Waals surface area contributed by atoms with Crippen molar-refractivity contribution in [1.29, 1.82) is 0 Å². The van der Waals surface area contributed by atoms with E-state index in [1.807, 2.05) is 47.4 Å². The highest BCUT2D eigenvalue weighted by Crippen LogP contribution is 2.39. The molecular formula is C23H25N3O3S. The number of anilines is 2. The number of para-hydroxylation sites is 2. The van der Waals surface area contributed by atoms with Crippen molar-refractivity contribution in [3.05, 3.63) is 54.6 Å². The summed E-state index contributed by atoms with van der Waals surface area (Å²) in [5.74, 6) is -0.761. The van der Waals surface area contributed by atoms with Gasteiger partial charge in [-0.1, -0.05) is 43.2 Å². The van der Waals surface area contributed by atoms with Crippen LogP contribution in [0.15, 0.2) is 59.5 Å². The average Bonchev–Trinajstić information content (AvgIpc) is 3.05. The zero-order valence-electron chi connectivity index (χ0n) is 16.8. The lowest BCUT2D eigenvalue weighted by molar-refractivity contribution is -0.135. The summed E-state index contributed by atoms with van der Waals surface area (Å²) in [6, 6.07) is 16.6. The summed E-state index contributed by atoms with van der Waals surface area (Å²) >= 11 is 1.29. The van der Waals surface area contributed by atoms with Crippen LogP contribution in [0.4, 0.5) is 11.4 Å². The highest BCUT2D eigenvalue weighted by molar-refractivity contribution is 8.01. The van der Waals surface area contributed by atoms with Crippen LogP contribution in [0.1, 0.15) is 25.7 Å². The van der Waals surface area contributed by atoms with Gasteiger partial charge in [-0.2, -0.15) is 0 Å². The molecule has 0 bridgehead atoms. The number of benzene rings is 2. The molecule has 0 unspecified atom stereocenters. The first-order chi connectivity index (χ1) is 14.6. The van der Waals surface area contributed by atoms with Crippen molar-refractivity contribution in [2.75, 3.05) is 29.9 Å². The molecule has 1 atom stereocenters. The quantitative estimate of drug-likeness (QED) is 0.764. The third kappa shape index (κ3) is 4.51. The third-order valence-electron chi connectivity index (χ3n) is 5.39. The van der Waals surface area contributed by atoms with E-state index in [4.69, 9.17) is 0 Å². The number of amides is 3. The van der Waals surface area contributed by atoms with Crippen LogP contribution in [0.25, 0.3) is 0 Å². The molecule has 156 valence electrons. The Morgan fingerprint density at radius 3 is 2.33 bits per heavy atom. The molecule has 6 nitrogen and oxygen atoms in total. The number of nitrogens with zero attached hydrogens (tertiary/aromatic N) is 2. The van der Waals surface area contributed by atoms with Gasteiger partial charge in [0.05, 0.1) is 5.69 Å². The largest absolute Gasteiger partial charge is 0.341 e. The topological polar surface area (TPSA) is 69.7 Å².